The van der Waals surface area contributed by atoms with Gasteiger partial charge in [0.1, 0.15) is 0 Å². The van der Waals surface area contributed by atoms with Gasteiger partial charge in [0.05, 0.1) is 4.73 Å². The summed E-state index contributed by atoms with van der Waals surface area (Å²) in [6.07, 6.45) is 0. The molecule has 3 aromatic rings. The largest absolute Gasteiger partial charge is 0.510 e. The van der Waals surface area contributed by atoms with E-state index in [1.165, 1.54) is 0 Å². The molecule has 0 spiro atoms. The SMILES string of the molecule is [nH]1c2oc1[n+]1c2O1. The van der Waals surface area contributed by atoms with E-state index >= 15 is 0 Å². The molecule has 2 bridgehead atoms. The van der Waals surface area contributed by atoms with E-state index in [-0.39, 0.29) is 0 Å². The van der Waals surface area contributed by atoms with Crippen molar-refractivity contribution in [3.05, 3.63) is 0 Å². The van der Waals surface area contributed by atoms with Crippen LogP contribution < -0.4 is 9.57 Å². The molecule has 0 fully saturated rings. The molecule has 7 heavy (non-hydrogen) atoms. The Kier molecular flexibility index (Phi) is 0.115. The number of oxazole rings is 1. The third-order valence-electron chi connectivity index (χ3n) is 1.13. The number of rotatable bonds is 0. The van der Waals surface area contributed by atoms with E-state index in [1.54, 1.807) is 4.73 Å². The number of imidazole rings is 1. The summed E-state index contributed by atoms with van der Waals surface area (Å²) in [5.74, 6) is 1.54. The molecule has 4 nitrogen and oxygen atoms in total. The summed E-state index contributed by atoms with van der Waals surface area (Å²) in [6.45, 7) is 0. The Morgan fingerprint density at radius 3 is 2.57 bits per heavy atom. The average Bonchev–Trinajstić information content (AvgIpc) is 2.10. The van der Waals surface area contributed by atoms with Gasteiger partial charge in [0.2, 0.25) is 0 Å². The third-order valence-corrected chi connectivity index (χ3v) is 1.13. The first-order valence-electron chi connectivity index (χ1n) is 1.99. The summed E-state index contributed by atoms with van der Waals surface area (Å²) >= 11 is 0. The van der Waals surface area contributed by atoms with Crippen LogP contribution in [0.3, 0.4) is 0 Å². The van der Waals surface area contributed by atoms with E-state index in [1.807, 2.05) is 0 Å². The first kappa shape index (κ1) is 2.20. The third kappa shape index (κ3) is 0.0877. The molecule has 4 heteroatoms. The quantitative estimate of drug-likeness (QED) is 0.307. The topological polar surface area (TPSA) is 45.3 Å². The van der Waals surface area contributed by atoms with Crippen LogP contribution in [0.4, 0.5) is 0 Å². The van der Waals surface area contributed by atoms with Gasteiger partial charge < -0.3 is 4.42 Å². The predicted octanol–water partition coefficient (Wildman–Crippen LogP) is -0.358. The van der Waals surface area contributed by atoms with Gasteiger partial charge in [-0.15, -0.1) is 0 Å². The summed E-state index contributed by atoms with van der Waals surface area (Å²) in [4.78, 5) is 7.69. The molecule has 0 radical (unpaired) electrons. The van der Waals surface area contributed by atoms with Crippen molar-refractivity contribution in [2.45, 2.75) is 0 Å². The van der Waals surface area contributed by atoms with Gasteiger partial charge in [0.15, 0.2) is 0 Å². The van der Waals surface area contributed by atoms with Gasteiger partial charge >= 0.3 is 17.4 Å². The van der Waals surface area contributed by atoms with Crippen LogP contribution >= 0.6 is 0 Å². The van der Waals surface area contributed by atoms with E-state index in [2.05, 4.69) is 4.98 Å². The minimum atomic E-state index is 0.713. The zero-order chi connectivity index (χ0) is 4.43. The molecule has 1 aliphatic rings. The van der Waals surface area contributed by atoms with E-state index in [4.69, 9.17) is 9.25 Å². The summed E-state index contributed by atoms with van der Waals surface area (Å²) < 4.78 is 6.50. The standard InChI is InChI=1S/C3N2O2/c4-1-2-5(7-2)3(4)6-1/p+1. The Morgan fingerprint density at radius 2 is 2.43 bits per heavy atom. The van der Waals surface area contributed by atoms with Crippen molar-refractivity contribution in [1.82, 2.24) is 4.98 Å². The maximum atomic E-state index is 4.90. The van der Waals surface area contributed by atoms with E-state index in [0.717, 1.165) is 11.6 Å². The van der Waals surface area contributed by atoms with Gasteiger partial charge in [0, 0.05) is 0 Å². The molecule has 1 aliphatic heterocycles. The lowest BCUT2D eigenvalue weighted by atomic mass is 10.8. The summed E-state index contributed by atoms with van der Waals surface area (Å²) in [7, 11) is 0. The van der Waals surface area contributed by atoms with Gasteiger partial charge in [-0.25, -0.2) is 4.84 Å². The molecule has 4 heterocycles. The maximum Gasteiger partial charge on any atom is 0.510 e. The number of aromatic amines is 1. The molecule has 0 amide bonds. The predicted molar refractivity (Wildman–Crippen MR) is 18.0 cm³/mol. The fraction of sp³-hybridized carbons (Fsp3) is 0. The van der Waals surface area contributed by atoms with Gasteiger partial charge in [0.25, 0.3) is 0 Å². The van der Waals surface area contributed by atoms with Crippen LogP contribution in [0.15, 0.2) is 4.42 Å². The molecule has 1 N–H and O–H groups in total. The van der Waals surface area contributed by atoms with Crippen molar-refractivity contribution >= 4 is 11.6 Å². The van der Waals surface area contributed by atoms with Gasteiger partial charge in [-0.1, -0.05) is 0 Å². The Morgan fingerprint density at radius 1 is 1.57 bits per heavy atom. The van der Waals surface area contributed by atoms with Crippen LogP contribution in [-0.2, 0) is 0 Å². The molecule has 0 saturated carbocycles. The Balaban J connectivity index is 2.92. The number of hydrogen-bond donors (Lipinski definition) is 1. The first-order chi connectivity index (χ1) is 3.45. The monoisotopic (exact) mass is 97.0 g/mol. The molecule has 0 aromatic carbocycles. The van der Waals surface area contributed by atoms with Crippen LogP contribution in [0.25, 0.3) is 11.6 Å². The van der Waals surface area contributed by atoms with E-state index in [9.17, 15) is 0 Å². The zero-order valence-electron chi connectivity index (χ0n) is 3.26. The van der Waals surface area contributed by atoms with Gasteiger partial charge in [-0.2, -0.15) is 4.98 Å². The smallest absolute Gasteiger partial charge is 0.344 e. The highest BCUT2D eigenvalue weighted by Gasteiger charge is 2.47. The lowest BCUT2D eigenvalue weighted by Crippen LogP contribution is -2.14. The van der Waals surface area contributed by atoms with E-state index in [0.29, 0.717) is 5.84 Å². The lowest BCUT2D eigenvalue weighted by molar-refractivity contribution is -0.702. The Hall–Kier alpha value is -1.19. The molecule has 4 rings (SSSR count). The van der Waals surface area contributed by atoms with Crippen molar-refractivity contribution in [3.63, 3.8) is 0 Å². The number of hydrogen-bond acceptors (Lipinski definition) is 2. The van der Waals surface area contributed by atoms with Gasteiger partial charge in [-0.3, -0.25) is 0 Å². The second kappa shape index (κ2) is 0.366. The normalized spacial score (nSPS) is 14.9. The molecule has 3 aromatic heterocycles. The number of aromatic nitrogens is 2. The fourth-order valence-electron chi connectivity index (χ4n) is 0.721. The van der Waals surface area contributed by atoms with Crippen molar-refractivity contribution < 1.29 is 14.0 Å². The number of nitrogens with zero attached hydrogens (tertiary/aromatic N) is 1. The minimum Gasteiger partial charge on any atom is -0.344 e. The van der Waals surface area contributed by atoms with Crippen molar-refractivity contribution in [2.24, 2.45) is 0 Å². The van der Waals surface area contributed by atoms with Crippen LogP contribution in [0.1, 0.15) is 0 Å². The molecule has 0 aliphatic carbocycles. The first-order valence-corrected chi connectivity index (χ1v) is 1.99. The van der Waals surface area contributed by atoms with Gasteiger partial charge in [-0.05, 0) is 0 Å². The second-order valence-corrected chi connectivity index (χ2v) is 1.55. The molecule has 34 valence electrons. The van der Waals surface area contributed by atoms with Crippen molar-refractivity contribution in [2.75, 3.05) is 0 Å². The number of nitrogens with one attached hydrogen (secondary N) is 1. The second-order valence-electron chi connectivity index (χ2n) is 1.55. The Bertz CT molecular complexity index is 265. The summed E-state index contributed by atoms with van der Waals surface area (Å²) in [6, 6.07) is 0. The molecule has 0 saturated heterocycles. The highest BCUT2D eigenvalue weighted by molar-refractivity contribution is 5.54. The molecule has 0 unspecified atom stereocenters. The Labute approximate surface area is 37.6 Å². The number of H-pyrrole nitrogens is 1. The maximum absolute atomic E-state index is 4.90. The van der Waals surface area contributed by atoms with Crippen molar-refractivity contribution in [3.8, 4) is 5.88 Å². The van der Waals surface area contributed by atoms with Crippen LogP contribution in [0, 0.1) is 0 Å². The summed E-state index contributed by atoms with van der Waals surface area (Å²) in [5, 5.41) is 0. The van der Waals surface area contributed by atoms with Crippen LogP contribution in [0.2, 0.25) is 0 Å². The highest BCUT2D eigenvalue weighted by atomic mass is 16.8. The summed E-state index contributed by atoms with van der Waals surface area (Å²) in [5.41, 5.74) is 0.759. The van der Waals surface area contributed by atoms with Crippen LogP contribution in [-0.4, -0.2) is 4.98 Å². The highest BCUT2D eigenvalue weighted by Crippen LogP contribution is 2.29. The van der Waals surface area contributed by atoms with E-state index < -0.39 is 0 Å². The molecular weight excluding hydrogens is 96.0 g/mol. The molecular formula is C3HN2O2+. The van der Waals surface area contributed by atoms with Crippen LogP contribution in [0.5, 0.6) is 5.88 Å². The fourth-order valence-corrected chi connectivity index (χ4v) is 0.721. The average molecular weight is 97.1 g/mol. The van der Waals surface area contributed by atoms with Crippen molar-refractivity contribution in [1.29, 1.82) is 0 Å². The zero-order valence-corrected chi connectivity index (χ0v) is 3.26. The molecule has 0 atom stereocenters. The lowest BCUT2D eigenvalue weighted by Gasteiger charge is -1.76. The minimum absolute atomic E-state index is 0.713.